The van der Waals surface area contributed by atoms with Gasteiger partial charge in [0.2, 0.25) is 11.7 Å². The second-order valence-corrected chi connectivity index (χ2v) is 7.19. The molecule has 0 spiro atoms. The average molecular weight is 393 g/mol. The van der Waals surface area contributed by atoms with Crippen molar-refractivity contribution in [3.05, 3.63) is 70.6 Å². The number of hydrogen-bond donors (Lipinski definition) is 0. The van der Waals surface area contributed by atoms with Crippen LogP contribution in [-0.2, 0) is 0 Å². The van der Waals surface area contributed by atoms with Gasteiger partial charge in [-0.25, -0.2) is 0 Å². The summed E-state index contributed by atoms with van der Waals surface area (Å²) >= 11 is 6.03. The summed E-state index contributed by atoms with van der Waals surface area (Å²) in [6, 6.07) is 16.1. The molecule has 0 bridgehead atoms. The minimum atomic E-state index is -0.0867. The highest BCUT2D eigenvalue weighted by atomic mass is 35.5. The zero-order chi connectivity index (χ0) is 19.5. The first-order valence-corrected chi connectivity index (χ1v) is 9.41. The standard InChI is InChI=1S/C21H17ClN4O2/c22-18-8-2-5-15(11-18)19-24-20(28-25-19)17-7-3-9-26(13-17)21(27)16-6-1-4-14(10-16)12-23/h1-2,4-6,8,10-11,17H,3,7,9,13H2. The molecule has 6 nitrogen and oxygen atoms in total. The predicted octanol–water partition coefficient (Wildman–Crippen LogP) is 4.28. The molecule has 0 N–H and O–H groups in total. The summed E-state index contributed by atoms with van der Waals surface area (Å²) in [5, 5.41) is 13.7. The summed E-state index contributed by atoms with van der Waals surface area (Å²) in [6.07, 6.45) is 1.72. The number of hydrogen-bond acceptors (Lipinski definition) is 5. The van der Waals surface area contributed by atoms with Gasteiger partial charge in [-0.15, -0.1) is 0 Å². The molecule has 0 radical (unpaired) electrons. The summed E-state index contributed by atoms with van der Waals surface area (Å²) in [7, 11) is 0. The number of amides is 1. The van der Waals surface area contributed by atoms with Gasteiger partial charge in [0.15, 0.2) is 0 Å². The maximum Gasteiger partial charge on any atom is 0.253 e. The summed E-state index contributed by atoms with van der Waals surface area (Å²) < 4.78 is 5.48. The Hall–Kier alpha value is -3.17. The van der Waals surface area contributed by atoms with Crippen molar-refractivity contribution < 1.29 is 9.32 Å². The fraction of sp³-hybridized carbons (Fsp3) is 0.238. The number of benzene rings is 2. The fourth-order valence-electron chi connectivity index (χ4n) is 3.41. The summed E-state index contributed by atoms with van der Waals surface area (Å²) in [5.74, 6) is 0.912. The Morgan fingerprint density at radius 1 is 1.25 bits per heavy atom. The molecule has 1 unspecified atom stereocenters. The number of halogens is 1. The van der Waals surface area contributed by atoms with Crippen LogP contribution in [0.25, 0.3) is 11.4 Å². The van der Waals surface area contributed by atoms with Crippen LogP contribution in [0, 0.1) is 11.3 Å². The van der Waals surface area contributed by atoms with Crippen LogP contribution in [0.4, 0.5) is 0 Å². The van der Waals surface area contributed by atoms with Crippen LogP contribution in [0.1, 0.15) is 40.6 Å². The number of aromatic nitrogens is 2. The van der Waals surface area contributed by atoms with Crippen molar-refractivity contribution in [2.24, 2.45) is 0 Å². The van der Waals surface area contributed by atoms with E-state index < -0.39 is 0 Å². The van der Waals surface area contributed by atoms with Crippen molar-refractivity contribution in [3.8, 4) is 17.5 Å². The number of likely N-dealkylation sites (tertiary alicyclic amines) is 1. The molecule has 1 aromatic heterocycles. The van der Waals surface area contributed by atoms with Gasteiger partial charge >= 0.3 is 0 Å². The molecule has 1 amide bonds. The van der Waals surface area contributed by atoms with Crippen LogP contribution < -0.4 is 0 Å². The van der Waals surface area contributed by atoms with Gasteiger partial charge in [-0.1, -0.05) is 35.0 Å². The number of carbonyl (C=O) groups excluding carboxylic acids is 1. The van der Waals surface area contributed by atoms with Crippen molar-refractivity contribution in [1.29, 1.82) is 5.26 Å². The van der Waals surface area contributed by atoms with Gasteiger partial charge in [0.25, 0.3) is 5.91 Å². The highest BCUT2D eigenvalue weighted by Crippen LogP contribution is 2.29. The Bertz CT molecular complexity index is 1060. The molecule has 1 aliphatic rings. The van der Waals surface area contributed by atoms with Crippen LogP contribution in [0.5, 0.6) is 0 Å². The average Bonchev–Trinajstić information content (AvgIpc) is 3.24. The van der Waals surface area contributed by atoms with E-state index in [4.69, 9.17) is 21.4 Å². The van der Waals surface area contributed by atoms with Crippen LogP contribution in [0.3, 0.4) is 0 Å². The Labute approximate surface area is 167 Å². The molecule has 3 aromatic rings. The van der Waals surface area contributed by atoms with E-state index in [0.29, 0.717) is 41.0 Å². The molecule has 4 rings (SSSR count). The molecule has 28 heavy (non-hydrogen) atoms. The first-order valence-electron chi connectivity index (χ1n) is 9.03. The third-order valence-corrected chi connectivity index (χ3v) is 5.06. The van der Waals surface area contributed by atoms with Gasteiger partial charge in [0.1, 0.15) is 0 Å². The maximum atomic E-state index is 12.8. The lowest BCUT2D eigenvalue weighted by Gasteiger charge is -2.31. The molecule has 1 saturated heterocycles. The van der Waals surface area contributed by atoms with Crippen LogP contribution in [0.2, 0.25) is 5.02 Å². The van der Waals surface area contributed by atoms with Gasteiger partial charge in [-0.2, -0.15) is 10.2 Å². The topological polar surface area (TPSA) is 83.0 Å². The number of carbonyl (C=O) groups is 1. The minimum Gasteiger partial charge on any atom is -0.339 e. The summed E-state index contributed by atoms with van der Waals surface area (Å²) in [5.41, 5.74) is 1.78. The lowest BCUT2D eigenvalue weighted by atomic mass is 9.97. The quantitative estimate of drug-likeness (QED) is 0.664. The van der Waals surface area contributed by atoms with Crippen molar-refractivity contribution in [2.75, 3.05) is 13.1 Å². The van der Waals surface area contributed by atoms with Gasteiger partial charge in [0.05, 0.1) is 17.6 Å². The van der Waals surface area contributed by atoms with E-state index in [0.717, 1.165) is 18.4 Å². The lowest BCUT2D eigenvalue weighted by molar-refractivity contribution is 0.0695. The van der Waals surface area contributed by atoms with Crippen LogP contribution in [0.15, 0.2) is 53.1 Å². The van der Waals surface area contributed by atoms with E-state index >= 15 is 0 Å². The molecule has 0 saturated carbocycles. The zero-order valence-electron chi connectivity index (χ0n) is 15.0. The smallest absolute Gasteiger partial charge is 0.253 e. The molecule has 1 atom stereocenters. The third kappa shape index (κ3) is 3.75. The van der Waals surface area contributed by atoms with E-state index in [2.05, 4.69) is 16.2 Å². The highest BCUT2D eigenvalue weighted by Gasteiger charge is 2.29. The first kappa shape index (κ1) is 18.2. The Morgan fingerprint density at radius 2 is 2.11 bits per heavy atom. The summed E-state index contributed by atoms with van der Waals surface area (Å²) in [6.45, 7) is 1.17. The van der Waals surface area contributed by atoms with Crippen molar-refractivity contribution >= 4 is 17.5 Å². The third-order valence-electron chi connectivity index (χ3n) is 4.82. The molecule has 2 aromatic carbocycles. The Morgan fingerprint density at radius 3 is 2.93 bits per heavy atom. The highest BCUT2D eigenvalue weighted by molar-refractivity contribution is 6.30. The molecule has 0 aliphatic carbocycles. The lowest BCUT2D eigenvalue weighted by Crippen LogP contribution is -2.39. The maximum absolute atomic E-state index is 12.8. The normalized spacial score (nSPS) is 16.6. The van der Waals surface area contributed by atoms with Gasteiger partial charge in [0, 0.05) is 29.2 Å². The largest absolute Gasteiger partial charge is 0.339 e. The van der Waals surface area contributed by atoms with Gasteiger partial charge in [-0.05, 0) is 43.2 Å². The SMILES string of the molecule is N#Cc1cccc(C(=O)N2CCCC(c3nc(-c4cccc(Cl)c4)no3)C2)c1. The van der Waals surface area contributed by atoms with Gasteiger partial charge < -0.3 is 9.42 Å². The monoisotopic (exact) mass is 392 g/mol. The molecule has 1 fully saturated rings. The van der Waals surface area contributed by atoms with Crippen molar-refractivity contribution in [3.63, 3.8) is 0 Å². The number of nitrogens with zero attached hydrogens (tertiary/aromatic N) is 4. The molecule has 1 aliphatic heterocycles. The number of piperidine rings is 1. The van der Waals surface area contributed by atoms with Crippen LogP contribution in [-0.4, -0.2) is 34.0 Å². The Balaban J connectivity index is 1.51. The van der Waals surface area contributed by atoms with Crippen molar-refractivity contribution in [1.82, 2.24) is 15.0 Å². The molecular formula is C21H17ClN4O2. The van der Waals surface area contributed by atoms with Crippen LogP contribution >= 0.6 is 11.6 Å². The first-order chi connectivity index (χ1) is 13.6. The van der Waals surface area contributed by atoms with E-state index in [-0.39, 0.29) is 11.8 Å². The molecule has 140 valence electrons. The number of rotatable bonds is 3. The predicted molar refractivity (Wildman–Crippen MR) is 104 cm³/mol. The fourth-order valence-corrected chi connectivity index (χ4v) is 3.60. The summed E-state index contributed by atoms with van der Waals surface area (Å²) in [4.78, 5) is 19.2. The Kier molecular flexibility index (Phi) is 5.09. The molecular weight excluding hydrogens is 376 g/mol. The number of nitriles is 1. The second kappa shape index (κ2) is 7.83. The van der Waals surface area contributed by atoms with E-state index in [1.165, 1.54) is 0 Å². The second-order valence-electron chi connectivity index (χ2n) is 6.75. The van der Waals surface area contributed by atoms with Gasteiger partial charge in [-0.3, -0.25) is 4.79 Å². The van der Waals surface area contributed by atoms with E-state index in [1.807, 2.05) is 12.1 Å². The van der Waals surface area contributed by atoms with Crippen molar-refractivity contribution in [2.45, 2.75) is 18.8 Å². The van der Waals surface area contributed by atoms with E-state index in [1.54, 1.807) is 41.3 Å². The zero-order valence-corrected chi connectivity index (χ0v) is 15.8. The minimum absolute atomic E-state index is 0.0164. The molecule has 7 heteroatoms. The molecule has 2 heterocycles. The van der Waals surface area contributed by atoms with E-state index in [9.17, 15) is 4.79 Å².